The summed E-state index contributed by atoms with van der Waals surface area (Å²) in [4.78, 5) is 6.50. The Kier molecular flexibility index (Phi) is 5.07. The summed E-state index contributed by atoms with van der Waals surface area (Å²) in [5.74, 6) is 0.725. The number of primary sulfonamides is 1. The molecule has 2 aromatic rings. The molecule has 24 heavy (non-hydrogen) atoms. The van der Waals surface area contributed by atoms with Gasteiger partial charge in [-0.1, -0.05) is 18.2 Å². The molecule has 1 aliphatic heterocycles. The van der Waals surface area contributed by atoms with Crippen LogP contribution in [0.25, 0.3) is 0 Å². The molecular weight excluding hydrogens is 392 g/mol. The molecular formula is C16H19BrN4O2S. The number of hydrogen-bond donors (Lipinski definition) is 2. The highest BCUT2D eigenvalue weighted by atomic mass is 79.9. The van der Waals surface area contributed by atoms with Crippen LogP contribution in [0.4, 0.5) is 11.5 Å². The molecule has 1 atom stereocenters. The van der Waals surface area contributed by atoms with E-state index in [0.717, 1.165) is 19.5 Å². The molecule has 1 fully saturated rings. The number of pyridine rings is 1. The van der Waals surface area contributed by atoms with Crippen molar-refractivity contribution < 1.29 is 8.42 Å². The molecule has 1 saturated heterocycles. The van der Waals surface area contributed by atoms with Crippen LogP contribution in [-0.4, -0.2) is 33.0 Å². The van der Waals surface area contributed by atoms with Crippen LogP contribution in [0.3, 0.4) is 0 Å². The van der Waals surface area contributed by atoms with Gasteiger partial charge in [0.2, 0.25) is 10.0 Å². The number of hydrogen-bond acceptors (Lipinski definition) is 5. The minimum atomic E-state index is -3.82. The number of benzene rings is 1. The van der Waals surface area contributed by atoms with E-state index in [0.29, 0.717) is 22.8 Å². The molecule has 0 radical (unpaired) electrons. The van der Waals surface area contributed by atoms with Crippen LogP contribution in [0.2, 0.25) is 0 Å². The van der Waals surface area contributed by atoms with Gasteiger partial charge in [0.1, 0.15) is 10.7 Å². The maximum atomic E-state index is 11.7. The van der Waals surface area contributed by atoms with Gasteiger partial charge in [-0.05, 0) is 46.5 Å². The van der Waals surface area contributed by atoms with Gasteiger partial charge in [0.05, 0.1) is 0 Å². The van der Waals surface area contributed by atoms with Crippen molar-refractivity contribution in [1.29, 1.82) is 0 Å². The molecule has 8 heteroatoms. The van der Waals surface area contributed by atoms with E-state index in [1.807, 2.05) is 18.2 Å². The summed E-state index contributed by atoms with van der Waals surface area (Å²) in [7, 11) is -3.82. The van der Waals surface area contributed by atoms with Crippen molar-refractivity contribution in [3.8, 4) is 0 Å². The van der Waals surface area contributed by atoms with Crippen molar-refractivity contribution in [2.24, 2.45) is 11.1 Å². The normalized spacial score (nSPS) is 17.9. The first-order chi connectivity index (χ1) is 11.4. The monoisotopic (exact) mass is 410 g/mol. The zero-order chi connectivity index (χ0) is 17.2. The summed E-state index contributed by atoms with van der Waals surface area (Å²) in [6, 6.07) is 11.7. The minimum absolute atomic E-state index is 0.00906. The van der Waals surface area contributed by atoms with Gasteiger partial charge in [-0.2, -0.15) is 0 Å². The van der Waals surface area contributed by atoms with Crippen LogP contribution in [0, 0.1) is 5.92 Å². The number of nitrogens with one attached hydrogen (secondary N) is 1. The highest BCUT2D eigenvalue weighted by molar-refractivity contribution is 9.10. The number of sulfonamides is 1. The molecule has 0 spiro atoms. The SMILES string of the molecule is NS(=O)(=O)c1cc(Br)cnc1NC[C@H]1CCN(c2ccccc2)C1. The second kappa shape index (κ2) is 7.08. The Balaban J connectivity index is 1.65. The van der Waals surface area contributed by atoms with Crippen LogP contribution in [0.5, 0.6) is 0 Å². The van der Waals surface area contributed by atoms with E-state index in [2.05, 4.69) is 43.3 Å². The van der Waals surface area contributed by atoms with Crippen LogP contribution >= 0.6 is 15.9 Å². The zero-order valence-electron chi connectivity index (χ0n) is 13.0. The lowest BCUT2D eigenvalue weighted by Crippen LogP contribution is -2.23. The second-order valence-corrected chi connectivity index (χ2v) is 8.31. The molecule has 1 aliphatic rings. The summed E-state index contributed by atoms with van der Waals surface area (Å²) in [6.07, 6.45) is 2.60. The Morgan fingerprint density at radius 2 is 2.08 bits per heavy atom. The standard InChI is InChI=1S/C16H19BrN4O2S/c17-13-8-15(24(18,22)23)16(20-10-13)19-9-12-6-7-21(11-12)14-4-2-1-3-5-14/h1-5,8,10,12H,6-7,9,11H2,(H,19,20)(H2,18,22,23)/t12-/m1/s1. The third-order valence-corrected chi connectivity index (χ3v) is 5.45. The average Bonchev–Trinajstić information content (AvgIpc) is 3.02. The molecule has 0 unspecified atom stereocenters. The summed E-state index contributed by atoms with van der Waals surface area (Å²) < 4.78 is 24.0. The minimum Gasteiger partial charge on any atom is -0.371 e. The van der Waals surface area contributed by atoms with Crippen molar-refractivity contribution in [2.45, 2.75) is 11.3 Å². The van der Waals surface area contributed by atoms with Gasteiger partial charge in [-0.15, -0.1) is 0 Å². The van der Waals surface area contributed by atoms with Crippen molar-refractivity contribution in [3.63, 3.8) is 0 Å². The Labute approximate surface area is 150 Å². The van der Waals surface area contributed by atoms with Gasteiger partial charge in [0, 0.05) is 36.0 Å². The third kappa shape index (κ3) is 4.06. The van der Waals surface area contributed by atoms with E-state index < -0.39 is 10.0 Å². The highest BCUT2D eigenvalue weighted by Gasteiger charge is 2.23. The molecule has 3 rings (SSSR count). The topological polar surface area (TPSA) is 88.3 Å². The first kappa shape index (κ1) is 17.2. The Morgan fingerprint density at radius 3 is 2.79 bits per heavy atom. The summed E-state index contributed by atoms with van der Waals surface area (Å²) in [5, 5.41) is 8.41. The zero-order valence-corrected chi connectivity index (χ0v) is 15.4. The first-order valence-electron chi connectivity index (χ1n) is 7.66. The summed E-state index contributed by atoms with van der Waals surface area (Å²) in [6.45, 7) is 2.57. The number of anilines is 2. The molecule has 3 N–H and O–H groups in total. The molecule has 0 aliphatic carbocycles. The lowest BCUT2D eigenvalue weighted by molar-refractivity contribution is 0.596. The predicted molar refractivity (Wildman–Crippen MR) is 98.6 cm³/mol. The van der Waals surface area contributed by atoms with Crippen LogP contribution < -0.4 is 15.4 Å². The number of para-hydroxylation sites is 1. The molecule has 0 amide bonds. The highest BCUT2D eigenvalue weighted by Crippen LogP contribution is 2.25. The van der Waals surface area contributed by atoms with E-state index in [1.54, 1.807) is 6.20 Å². The predicted octanol–water partition coefficient (Wildman–Crippen LogP) is 2.43. The van der Waals surface area contributed by atoms with Crippen molar-refractivity contribution >= 4 is 37.5 Å². The van der Waals surface area contributed by atoms with Crippen molar-refractivity contribution in [3.05, 3.63) is 47.1 Å². The van der Waals surface area contributed by atoms with Crippen molar-refractivity contribution in [1.82, 2.24) is 4.98 Å². The Bertz CT molecular complexity index is 814. The summed E-state index contributed by atoms with van der Waals surface area (Å²) >= 11 is 3.22. The molecule has 1 aromatic heterocycles. The number of nitrogens with two attached hydrogens (primary N) is 1. The van der Waals surface area contributed by atoms with E-state index in [-0.39, 0.29) is 4.90 Å². The van der Waals surface area contributed by atoms with Crippen LogP contribution in [-0.2, 0) is 10.0 Å². The van der Waals surface area contributed by atoms with Gasteiger partial charge in [-0.3, -0.25) is 0 Å². The maximum absolute atomic E-state index is 11.7. The maximum Gasteiger partial charge on any atom is 0.241 e. The third-order valence-electron chi connectivity index (χ3n) is 4.09. The molecule has 6 nitrogen and oxygen atoms in total. The summed E-state index contributed by atoms with van der Waals surface area (Å²) in [5.41, 5.74) is 1.21. The van der Waals surface area contributed by atoms with Gasteiger partial charge < -0.3 is 10.2 Å². The van der Waals surface area contributed by atoms with Crippen LogP contribution in [0.15, 0.2) is 52.0 Å². The molecule has 0 saturated carbocycles. The molecule has 128 valence electrons. The van der Waals surface area contributed by atoms with E-state index >= 15 is 0 Å². The van der Waals surface area contributed by atoms with E-state index in [4.69, 9.17) is 5.14 Å². The fourth-order valence-electron chi connectivity index (χ4n) is 2.88. The quantitative estimate of drug-likeness (QED) is 0.789. The first-order valence-corrected chi connectivity index (χ1v) is 9.99. The molecule has 1 aromatic carbocycles. The smallest absolute Gasteiger partial charge is 0.241 e. The number of aromatic nitrogens is 1. The average molecular weight is 411 g/mol. The molecule has 0 bridgehead atoms. The van der Waals surface area contributed by atoms with E-state index in [9.17, 15) is 8.42 Å². The number of nitrogens with zero attached hydrogens (tertiary/aromatic N) is 2. The van der Waals surface area contributed by atoms with Gasteiger partial charge in [0.25, 0.3) is 0 Å². The molecule has 2 heterocycles. The lowest BCUT2D eigenvalue weighted by atomic mass is 10.1. The number of rotatable bonds is 5. The Morgan fingerprint density at radius 1 is 1.33 bits per heavy atom. The van der Waals surface area contributed by atoms with Gasteiger partial charge >= 0.3 is 0 Å². The Hall–Kier alpha value is -1.64. The number of halogens is 1. The second-order valence-electron chi connectivity index (χ2n) is 5.86. The largest absolute Gasteiger partial charge is 0.371 e. The van der Waals surface area contributed by atoms with Crippen molar-refractivity contribution in [2.75, 3.05) is 29.9 Å². The fourth-order valence-corrected chi connectivity index (χ4v) is 4.05. The van der Waals surface area contributed by atoms with Crippen LogP contribution in [0.1, 0.15) is 6.42 Å². The fraction of sp³-hybridized carbons (Fsp3) is 0.312. The lowest BCUT2D eigenvalue weighted by Gasteiger charge is -2.19. The van der Waals surface area contributed by atoms with E-state index in [1.165, 1.54) is 11.8 Å². The van der Waals surface area contributed by atoms with Gasteiger partial charge in [0.15, 0.2) is 0 Å². The van der Waals surface area contributed by atoms with Gasteiger partial charge in [-0.25, -0.2) is 18.5 Å².